The number of hydrogen-bond donors (Lipinski definition) is 1. The Labute approximate surface area is 194 Å². The molecule has 0 unspecified atom stereocenters. The van der Waals surface area contributed by atoms with Gasteiger partial charge in [0.25, 0.3) is 5.91 Å². The first-order valence-electron chi connectivity index (χ1n) is 10.8. The van der Waals surface area contributed by atoms with Crippen LogP contribution in [0.5, 0.6) is 0 Å². The Morgan fingerprint density at radius 3 is 2.82 bits per heavy atom. The number of nitrogens with one attached hydrogen (secondary N) is 1. The molecular weight excluding hydrogens is 455 g/mol. The Morgan fingerprint density at radius 2 is 2.09 bits per heavy atom. The van der Waals surface area contributed by atoms with Gasteiger partial charge < -0.3 is 15.0 Å². The van der Waals surface area contributed by atoms with Gasteiger partial charge in [0, 0.05) is 32.0 Å². The Balaban J connectivity index is 1.35. The molecule has 182 valence electrons. The molecule has 1 atom stereocenters. The van der Waals surface area contributed by atoms with E-state index in [2.05, 4.69) is 4.98 Å². The molecule has 9 nitrogen and oxygen atoms in total. The van der Waals surface area contributed by atoms with Gasteiger partial charge in [0.15, 0.2) is 0 Å². The number of benzene rings is 1. The Kier molecular flexibility index (Phi) is 7.48. The van der Waals surface area contributed by atoms with Crippen molar-refractivity contribution < 1.29 is 32.3 Å². The van der Waals surface area contributed by atoms with Crippen molar-refractivity contribution in [3.63, 3.8) is 0 Å². The van der Waals surface area contributed by atoms with E-state index in [-0.39, 0.29) is 18.8 Å². The molecule has 2 fully saturated rings. The summed E-state index contributed by atoms with van der Waals surface area (Å²) in [4.78, 5) is 36.1. The second kappa shape index (κ2) is 10.7. The predicted octanol–water partition coefficient (Wildman–Crippen LogP) is 2.18. The lowest BCUT2D eigenvalue weighted by molar-refractivity contribution is -0.154. The summed E-state index contributed by atoms with van der Waals surface area (Å²) in [7, 11) is 0. The van der Waals surface area contributed by atoms with Gasteiger partial charge in [0.1, 0.15) is 11.9 Å². The van der Waals surface area contributed by atoms with E-state index in [0.29, 0.717) is 38.5 Å². The van der Waals surface area contributed by atoms with E-state index in [1.807, 2.05) is 27.4 Å². The van der Waals surface area contributed by atoms with Gasteiger partial charge in [-0.2, -0.15) is 13.8 Å². The van der Waals surface area contributed by atoms with Crippen molar-refractivity contribution in [3.8, 4) is 0 Å². The van der Waals surface area contributed by atoms with Gasteiger partial charge in [-0.25, -0.2) is 9.18 Å². The molecule has 0 bridgehead atoms. The Morgan fingerprint density at radius 1 is 1.24 bits per heavy atom. The van der Waals surface area contributed by atoms with E-state index in [9.17, 15) is 18.4 Å². The van der Waals surface area contributed by atoms with Crippen LogP contribution in [0, 0.1) is 5.82 Å². The predicted molar refractivity (Wildman–Crippen MR) is 116 cm³/mol. The van der Waals surface area contributed by atoms with Crippen LogP contribution in [0.15, 0.2) is 42.7 Å². The quantitative estimate of drug-likeness (QED) is 0.652. The van der Waals surface area contributed by atoms with Crippen LogP contribution in [0.3, 0.4) is 0 Å². The minimum absolute atomic E-state index is 0.00198. The molecule has 3 heterocycles. The molecule has 0 spiro atoms. The van der Waals surface area contributed by atoms with Crippen LogP contribution in [0.2, 0.25) is 0 Å². The van der Waals surface area contributed by atoms with Crippen LogP contribution in [-0.4, -0.2) is 73.9 Å². The third-order valence-corrected chi connectivity index (χ3v) is 5.50. The number of amides is 2. The minimum atomic E-state index is -3.15. The first kappa shape index (κ1) is 23.8. The SMILES string of the molecule is O=C(NC[C@H]1CN(c2ccc(N3CCON(Cc4cccnc4)CC3)c(F)c2)C(=O)O1)C(F)F. The van der Waals surface area contributed by atoms with Crippen molar-refractivity contribution in [3.05, 3.63) is 54.1 Å². The largest absolute Gasteiger partial charge is 0.442 e. The highest BCUT2D eigenvalue weighted by Crippen LogP contribution is 2.28. The zero-order valence-corrected chi connectivity index (χ0v) is 18.2. The number of alkyl halides is 2. The van der Waals surface area contributed by atoms with Crippen LogP contribution in [0.25, 0.3) is 0 Å². The molecule has 1 N–H and O–H groups in total. The Bertz CT molecular complexity index is 1010. The number of anilines is 2. The molecule has 0 saturated carbocycles. The maximum absolute atomic E-state index is 15.0. The number of hydrogen-bond acceptors (Lipinski definition) is 7. The van der Waals surface area contributed by atoms with Gasteiger partial charge >= 0.3 is 12.5 Å². The second-order valence-corrected chi connectivity index (χ2v) is 7.84. The molecule has 34 heavy (non-hydrogen) atoms. The standard InChI is InChI=1S/C22H24F3N5O4/c23-18-10-16(30-14-17(34-22(30)32)12-27-21(31)20(24)25)3-4-19(18)28-6-7-29(33-9-8-28)13-15-2-1-5-26-11-15/h1-5,10-11,17,20H,6-9,12-14H2,(H,27,31)/t17-/m0/s1. The number of carbonyl (C=O) groups excluding carboxylic acids is 2. The van der Waals surface area contributed by atoms with Gasteiger partial charge in [-0.3, -0.25) is 19.5 Å². The van der Waals surface area contributed by atoms with E-state index in [1.165, 1.54) is 11.0 Å². The van der Waals surface area contributed by atoms with E-state index in [0.717, 1.165) is 5.56 Å². The van der Waals surface area contributed by atoms with E-state index < -0.39 is 30.3 Å². The number of nitrogens with zero attached hydrogens (tertiary/aromatic N) is 4. The van der Waals surface area contributed by atoms with Crippen molar-refractivity contribution >= 4 is 23.4 Å². The van der Waals surface area contributed by atoms with Crippen LogP contribution in [0.1, 0.15) is 5.56 Å². The lowest BCUT2D eigenvalue weighted by Crippen LogP contribution is -2.37. The number of carbonyl (C=O) groups is 2. The van der Waals surface area contributed by atoms with Crippen molar-refractivity contribution in [1.29, 1.82) is 0 Å². The van der Waals surface area contributed by atoms with Gasteiger partial charge in [-0.1, -0.05) is 6.07 Å². The highest BCUT2D eigenvalue weighted by Gasteiger charge is 2.33. The fourth-order valence-electron chi connectivity index (χ4n) is 3.80. The maximum atomic E-state index is 15.0. The summed E-state index contributed by atoms with van der Waals surface area (Å²) >= 11 is 0. The zero-order chi connectivity index (χ0) is 24.1. The number of hydroxylamine groups is 2. The smallest absolute Gasteiger partial charge is 0.414 e. The summed E-state index contributed by atoms with van der Waals surface area (Å²) in [5, 5.41) is 3.83. The molecule has 2 amide bonds. The summed E-state index contributed by atoms with van der Waals surface area (Å²) in [6.07, 6.45) is -1.23. The summed E-state index contributed by atoms with van der Waals surface area (Å²) in [6.45, 7) is 2.27. The summed E-state index contributed by atoms with van der Waals surface area (Å²) in [5.41, 5.74) is 1.66. The number of halogens is 3. The molecule has 12 heteroatoms. The molecule has 1 aromatic heterocycles. The summed E-state index contributed by atoms with van der Waals surface area (Å²) < 4.78 is 44.7. The van der Waals surface area contributed by atoms with Gasteiger partial charge in [-0.05, 0) is 29.8 Å². The average Bonchev–Trinajstić information content (AvgIpc) is 3.04. The van der Waals surface area contributed by atoms with Crippen molar-refractivity contribution in [2.45, 2.75) is 19.1 Å². The van der Waals surface area contributed by atoms with Crippen LogP contribution in [-0.2, 0) is 20.9 Å². The normalized spacial score (nSPS) is 19.3. The molecular formula is C22H24F3N5O4. The third-order valence-electron chi connectivity index (χ3n) is 5.50. The molecule has 0 radical (unpaired) electrons. The van der Waals surface area contributed by atoms with Gasteiger partial charge in [-0.15, -0.1) is 0 Å². The Hall–Kier alpha value is -3.38. The molecule has 2 aliphatic heterocycles. The lowest BCUT2D eigenvalue weighted by atomic mass is 10.2. The molecule has 2 aromatic rings. The van der Waals surface area contributed by atoms with Crippen LogP contribution < -0.4 is 15.1 Å². The summed E-state index contributed by atoms with van der Waals surface area (Å²) in [5.74, 6) is -1.95. The van der Waals surface area contributed by atoms with E-state index in [1.54, 1.807) is 24.5 Å². The molecule has 0 aliphatic carbocycles. The zero-order valence-electron chi connectivity index (χ0n) is 18.2. The number of pyridine rings is 1. The van der Waals surface area contributed by atoms with E-state index >= 15 is 4.39 Å². The third kappa shape index (κ3) is 5.75. The molecule has 2 saturated heterocycles. The topological polar surface area (TPSA) is 87.2 Å². The fourth-order valence-corrected chi connectivity index (χ4v) is 3.80. The minimum Gasteiger partial charge on any atom is -0.442 e. The number of rotatable bonds is 7. The first-order chi connectivity index (χ1) is 16.4. The van der Waals surface area contributed by atoms with Crippen molar-refractivity contribution in [2.75, 3.05) is 49.1 Å². The van der Waals surface area contributed by atoms with Crippen LogP contribution >= 0.6 is 0 Å². The maximum Gasteiger partial charge on any atom is 0.414 e. The van der Waals surface area contributed by atoms with Crippen molar-refractivity contribution in [2.24, 2.45) is 0 Å². The van der Waals surface area contributed by atoms with E-state index in [4.69, 9.17) is 9.57 Å². The van der Waals surface area contributed by atoms with Gasteiger partial charge in [0.2, 0.25) is 0 Å². The number of ether oxygens (including phenoxy) is 1. The highest BCUT2D eigenvalue weighted by molar-refractivity contribution is 5.90. The molecule has 4 rings (SSSR count). The monoisotopic (exact) mass is 479 g/mol. The molecule has 2 aliphatic rings. The highest BCUT2D eigenvalue weighted by atomic mass is 19.3. The average molecular weight is 479 g/mol. The fraction of sp³-hybridized carbons (Fsp3) is 0.409. The first-order valence-corrected chi connectivity index (χ1v) is 10.8. The lowest BCUT2D eigenvalue weighted by Gasteiger charge is -2.24. The summed E-state index contributed by atoms with van der Waals surface area (Å²) in [6, 6.07) is 8.22. The number of aromatic nitrogens is 1. The van der Waals surface area contributed by atoms with Crippen molar-refractivity contribution in [1.82, 2.24) is 15.4 Å². The second-order valence-electron chi connectivity index (χ2n) is 7.84. The van der Waals surface area contributed by atoms with Crippen LogP contribution in [0.4, 0.5) is 29.3 Å². The number of cyclic esters (lactones) is 1. The van der Waals surface area contributed by atoms with Gasteiger partial charge in [0.05, 0.1) is 37.6 Å². The molecule has 1 aromatic carbocycles.